The molecule has 3 N–H and O–H groups in total. The lowest BCUT2D eigenvalue weighted by molar-refractivity contribution is 0.0458. The first-order valence-corrected chi connectivity index (χ1v) is 9.37. The lowest BCUT2D eigenvalue weighted by Gasteiger charge is -2.30. The molecule has 1 heterocycles. The Hall–Kier alpha value is -2.11. The number of alkyl carbamates (subject to hydrolysis) is 1. The zero-order valence-corrected chi connectivity index (χ0v) is 16.2. The summed E-state index contributed by atoms with van der Waals surface area (Å²) in [5.41, 5.74) is 1.92. The van der Waals surface area contributed by atoms with Gasteiger partial charge in [-0.3, -0.25) is 4.98 Å². The second-order valence-corrected chi connectivity index (χ2v) is 8.98. The van der Waals surface area contributed by atoms with Crippen LogP contribution in [0.3, 0.4) is 0 Å². The molecule has 0 aromatic carbocycles. The van der Waals surface area contributed by atoms with Gasteiger partial charge in [-0.25, -0.2) is 4.79 Å². The molecule has 142 valence electrons. The number of hydrogen-bond acceptors (Lipinski definition) is 5. The first-order valence-electron chi connectivity index (χ1n) is 9.37. The van der Waals surface area contributed by atoms with Gasteiger partial charge in [-0.2, -0.15) is 0 Å². The molecule has 2 aliphatic carbocycles. The maximum atomic E-state index is 12.2. The van der Waals surface area contributed by atoms with Gasteiger partial charge in [0.05, 0.1) is 0 Å². The Bertz CT molecular complexity index is 700. The molecule has 0 radical (unpaired) electrons. The zero-order chi connectivity index (χ0) is 19.0. The van der Waals surface area contributed by atoms with Crippen molar-refractivity contribution in [2.45, 2.75) is 70.9 Å². The fourth-order valence-electron chi connectivity index (χ4n) is 4.39. The maximum Gasteiger partial charge on any atom is 0.408 e. The molecule has 2 aliphatic rings. The largest absolute Gasteiger partial charge is 0.444 e. The van der Waals surface area contributed by atoms with Crippen molar-refractivity contribution in [2.75, 3.05) is 11.9 Å². The minimum Gasteiger partial charge on any atom is -0.444 e. The van der Waals surface area contributed by atoms with Crippen LogP contribution < -0.4 is 10.6 Å². The zero-order valence-electron chi connectivity index (χ0n) is 16.2. The van der Waals surface area contributed by atoms with E-state index in [-0.39, 0.29) is 17.0 Å². The molecule has 0 aliphatic heterocycles. The van der Waals surface area contributed by atoms with Crippen molar-refractivity contribution in [3.63, 3.8) is 0 Å². The molecule has 6 heteroatoms. The average molecular weight is 358 g/mol. The number of ether oxygens (including phenoxy) is 1. The number of rotatable bonds is 5. The normalized spacial score (nSPS) is 27.2. The Kier molecular flexibility index (Phi) is 4.71. The summed E-state index contributed by atoms with van der Waals surface area (Å²) in [6, 6.07) is 1.93. The minimum atomic E-state index is -0.473. The molecule has 2 bridgehead atoms. The molecule has 0 unspecified atom stereocenters. The van der Waals surface area contributed by atoms with E-state index in [1.165, 1.54) is 0 Å². The quantitative estimate of drug-likeness (QED) is 0.691. The lowest BCUT2D eigenvalue weighted by Crippen LogP contribution is -2.47. The number of amides is 1. The smallest absolute Gasteiger partial charge is 0.408 e. The van der Waals surface area contributed by atoms with Crippen molar-refractivity contribution >= 4 is 17.5 Å². The minimum absolute atomic E-state index is 0.122. The summed E-state index contributed by atoms with van der Waals surface area (Å²) >= 11 is 0. The summed E-state index contributed by atoms with van der Waals surface area (Å²) in [5.74, 6) is 0. The van der Waals surface area contributed by atoms with Gasteiger partial charge in [-0.15, -0.1) is 0 Å². The molecule has 1 aromatic heterocycles. The van der Waals surface area contributed by atoms with Gasteiger partial charge in [0.2, 0.25) is 0 Å². The third-order valence-electron chi connectivity index (χ3n) is 5.63. The molecule has 6 nitrogen and oxygen atoms in total. The summed E-state index contributed by atoms with van der Waals surface area (Å²) < 4.78 is 5.45. The average Bonchev–Trinajstić information content (AvgIpc) is 3.07. The van der Waals surface area contributed by atoms with E-state index >= 15 is 0 Å². The number of aromatic nitrogens is 1. The maximum absolute atomic E-state index is 12.2. The Balaban J connectivity index is 1.62. The van der Waals surface area contributed by atoms with E-state index < -0.39 is 5.60 Å². The molecule has 26 heavy (non-hydrogen) atoms. The first-order chi connectivity index (χ1) is 12.1. The van der Waals surface area contributed by atoms with E-state index in [0.29, 0.717) is 5.71 Å². The van der Waals surface area contributed by atoms with Crippen LogP contribution in [0.5, 0.6) is 0 Å². The lowest BCUT2D eigenvalue weighted by atomic mass is 9.84. The monoisotopic (exact) mass is 358 g/mol. The van der Waals surface area contributed by atoms with Crippen molar-refractivity contribution in [3.05, 3.63) is 24.0 Å². The van der Waals surface area contributed by atoms with Gasteiger partial charge in [0.1, 0.15) is 5.60 Å². The van der Waals surface area contributed by atoms with Gasteiger partial charge < -0.3 is 20.8 Å². The topological polar surface area (TPSA) is 87.1 Å². The van der Waals surface area contributed by atoms with Gasteiger partial charge in [0.25, 0.3) is 0 Å². The standard InChI is InChI=1S/C20H30N4O2/c1-14(21)15-11-22-10-5-16(15)23-13-19-6-8-20(12-19,9-7-19)24-17(25)26-18(2,3)4/h5,10-11,21H,6-9,12-13H2,1-4H3,(H,22,23)(H,24,25). The van der Waals surface area contributed by atoms with Crippen molar-refractivity contribution < 1.29 is 9.53 Å². The molecule has 1 amide bonds. The van der Waals surface area contributed by atoms with E-state index in [1.807, 2.05) is 26.8 Å². The number of anilines is 1. The molecule has 2 saturated carbocycles. The van der Waals surface area contributed by atoms with Crippen LogP contribution in [0.15, 0.2) is 18.5 Å². The fraction of sp³-hybridized carbons (Fsp3) is 0.650. The first kappa shape index (κ1) is 18.7. The highest BCUT2D eigenvalue weighted by molar-refractivity contribution is 6.00. The van der Waals surface area contributed by atoms with Crippen LogP contribution in [0.1, 0.15) is 65.4 Å². The summed E-state index contributed by atoms with van der Waals surface area (Å²) in [6.45, 7) is 8.30. The number of pyridine rings is 1. The van der Waals surface area contributed by atoms with Crippen LogP contribution in [0.4, 0.5) is 10.5 Å². The molecule has 1 aromatic rings. The van der Waals surface area contributed by atoms with Gasteiger partial charge in [-0.05, 0) is 71.3 Å². The molecule has 2 fully saturated rings. The van der Waals surface area contributed by atoms with E-state index in [1.54, 1.807) is 19.3 Å². The van der Waals surface area contributed by atoms with Crippen LogP contribution in [0.25, 0.3) is 0 Å². The highest BCUT2D eigenvalue weighted by Gasteiger charge is 2.55. The Labute approximate surface area is 155 Å². The van der Waals surface area contributed by atoms with E-state index in [9.17, 15) is 4.79 Å². The summed E-state index contributed by atoms with van der Waals surface area (Å²) in [4.78, 5) is 16.3. The third kappa shape index (κ3) is 4.00. The fourth-order valence-corrected chi connectivity index (χ4v) is 4.39. The van der Waals surface area contributed by atoms with Crippen molar-refractivity contribution in [3.8, 4) is 0 Å². The predicted molar refractivity (Wildman–Crippen MR) is 103 cm³/mol. The summed E-state index contributed by atoms with van der Waals surface area (Å²) in [6.07, 6.45) is 8.36. The number of fused-ring (bicyclic) bond motifs is 2. The Morgan fingerprint density at radius 3 is 2.62 bits per heavy atom. The van der Waals surface area contributed by atoms with Crippen LogP contribution in [-0.4, -0.2) is 34.5 Å². The van der Waals surface area contributed by atoms with E-state index in [4.69, 9.17) is 10.1 Å². The van der Waals surface area contributed by atoms with E-state index in [2.05, 4.69) is 15.6 Å². The molecular weight excluding hydrogens is 328 g/mol. The summed E-state index contributed by atoms with van der Waals surface area (Å²) in [5, 5.41) is 14.6. The van der Waals surface area contributed by atoms with Crippen LogP contribution in [0, 0.1) is 10.8 Å². The molecule has 0 atom stereocenters. The van der Waals surface area contributed by atoms with Gasteiger partial charge >= 0.3 is 6.09 Å². The van der Waals surface area contributed by atoms with Crippen molar-refractivity contribution in [1.82, 2.24) is 10.3 Å². The SMILES string of the molecule is CC(=N)c1cnccc1NCC12CCC(NC(=O)OC(C)(C)C)(CC1)C2. The highest BCUT2D eigenvalue weighted by Crippen LogP contribution is 2.56. The molecule has 3 rings (SSSR count). The number of carbonyl (C=O) groups is 1. The predicted octanol–water partition coefficient (Wildman–Crippen LogP) is 4.11. The van der Waals surface area contributed by atoms with Crippen molar-refractivity contribution in [1.29, 1.82) is 5.41 Å². The summed E-state index contributed by atoms with van der Waals surface area (Å²) in [7, 11) is 0. The van der Waals surface area contributed by atoms with Crippen LogP contribution >= 0.6 is 0 Å². The second-order valence-electron chi connectivity index (χ2n) is 8.98. The number of nitrogens with zero attached hydrogens (tertiary/aromatic N) is 1. The molecule has 0 spiro atoms. The van der Waals surface area contributed by atoms with Gasteiger partial charge in [-0.1, -0.05) is 0 Å². The Morgan fingerprint density at radius 1 is 1.31 bits per heavy atom. The molecule has 0 saturated heterocycles. The second kappa shape index (κ2) is 6.56. The number of carbonyl (C=O) groups excluding carboxylic acids is 1. The van der Waals surface area contributed by atoms with Crippen LogP contribution in [0.2, 0.25) is 0 Å². The number of hydrogen-bond donors (Lipinski definition) is 3. The number of nitrogens with one attached hydrogen (secondary N) is 3. The van der Waals surface area contributed by atoms with Crippen molar-refractivity contribution in [2.24, 2.45) is 5.41 Å². The van der Waals surface area contributed by atoms with E-state index in [0.717, 1.165) is 49.9 Å². The molecular formula is C20H30N4O2. The van der Waals surface area contributed by atoms with Gasteiger partial charge in [0.15, 0.2) is 0 Å². The highest BCUT2D eigenvalue weighted by atomic mass is 16.6. The van der Waals surface area contributed by atoms with Crippen LogP contribution in [-0.2, 0) is 4.74 Å². The van der Waals surface area contributed by atoms with Gasteiger partial charge in [0, 0.05) is 41.4 Å². The Morgan fingerprint density at radius 2 is 2.00 bits per heavy atom. The third-order valence-corrected chi connectivity index (χ3v) is 5.63.